The summed E-state index contributed by atoms with van der Waals surface area (Å²) in [6, 6.07) is 18.0. The molecular formula is C25H31N2O4+. The van der Waals surface area contributed by atoms with Gasteiger partial charge < -0.3 is 24.0 Å². The lowest BCUT2D eigenvalue weighted by molar-refractivity contribution is -0.885. The minimum Gasteiger partial charge on any atom is -0.497 e. The van der Waals surface area contributed by atoms with Crippen LogP contribution in [0.15, 0.2) is 54.6 Å². The summed E-state index contributed by atoms with van der Waals surface area (Å²) >= 11 is 0. The van der Waals surface area contributed by atoms with Crippen LogP contribution in [0.3, 0.4) is 0 Å². The fourth-order valence-electron chi connectivity index (χ4n) is 3.64. The molecular weight excluding hydrogens is 392 g/mol. The third-order valence-corrected chi connectivity index (χ3v) is 5.40. The summed E-state index contributed by atoms with van der Waals surface area (Å²) in [5.41, 5.74) is 2.14. The lowest BCUT2D eigenvalue weighted by Crippen LogP contribution is -3.08. The molecule has 1 amide bonds. The molecule has 0 aromatic heterocycles. The van der Waals surface area contributed by atoms with Crippen LogP contribution in [-0.4, -0.2) is 52.8 Å². The second-order valence-corrected chi connectivity index (χ2v) is 7.79. The number of quaternary nitrogens is 1. The van der Waals surface area contributed by atoms with Crippen molar-refractivity contribution in [2.45, 2.75) is 13.1 Å². The Labute approximate surface area is 183 Å². The molecule has 1 atom stereocenters. The number of methoxy groups -OCH3 is 3. The lowest BCUT2D eigenvalue weighted by atomic mass is 10.1. The molecule has 0 radical (unpaired) electrons. The van der Waals surface area contributed by atoms with Gasteiger partial charge in [0.1, 0.15) is 23.8 Å². The highest BCUT2D eigenvalue weighted by molar-refractivity contribution is 5.84. The Morgan fingerprint density at radius 3 is 2.23 bits per heavy atom. The summed E-state index contributed by atoms with van der Waals surface area (Å²) in [6.45, 7) is 1.65. The molecule has 3 aromatic carbocycles. The Kier molecular flexibility index (Phi) is 7.36. The molecule has 31 heavy (non-hydrogen) atoms. The van der Waals surface area contributed by atoms with E-state index in [2.05, 4.69) is 18.2 Å². The number of nitrogens with one attached hydrogen (secondary N) is 1. The van der Waals surface area contributed by atoms with E-state index in [1.54, 1.807) is 26.2 Å². The Bertz CT molecular complexity index is 1050. The molecule has 3 aromatic rings. The van der Waals surface area contributed by atoms with Crippen molar-refractivity contribution in [3.05, 3.63) is 65.7 Å². The number of rotatable bonds is 9. The molecule has 0 aliphatic carbocycles. The van der Waals surface area contributed by atoms with Crippen molar-refractivity contribution in [2.24, 2.45) is 0 Å². The first-order valence-electron chi connectivity index (χ1n) is 10.3. The Morgan fingerprint density at radius 1 is 0.871 bits per heavy atom. The molecule has 1 N–H and O–H groups in total. The average molecular weight is 424 g/mol. The van der Waals surface area contributed by atoms with Crippen molar-refractivity contribution in [3.63, 3.8) is 0 Å². The first-order chi connectivity index (χ1) is 14.9. The van der Waals surface area contributed by atoms with Gasteiger partial charge in [-0.15, -0.1) is 0 Å². The molecule has 0 heterocycles. The number of carbonyl (C=O) groups is 1. The number of ether oxygens (including phenoxy) is 3. The average Bonchev–Trinajstić information content (AvgIpc) is 2.78. The maximum Gasteiger partial charge on any atom is 0.277 e. The van der Waals surface area contributed by atoms with Crippen LogP contribution in [-0.2, 0) is 17.9 Å². The van der Waals surface area contributed by atoms with Gasteiger partial charge in [0.25, 0.3) is 5.91 Å². The molecule has 6 nitrogen and oxygen atoms in total. The first-order valence-corrected chi connectivity index (χ1v) is 10.3. The van der Waals surface area contributed by atoms with Crippen LogP contribution in [0, 0.1) is 0 Å². The SMILES string of the molecule is COc1ccc(C[NH+](C)CC(=O)N(C)Cc2ccc3cc(OC)ccc3c2)c(OC)c1. The maximum absolute atomic E-state index is 12.8. The zero-order chi connectivity index (χ0) is 22.4. The van der Waals surface area contributed by atoms with Crippen LogP contribution < -0.4 is 19.1 Å². The largest absolute Gasteiger partial charge is 0.497 e. The molecule has 164 valence electrons. The second-order valence-electron chi connectivity index (χ2n) is 7.79. The van der Waals surface area contributed by atoms with Gasteiger partial charge in [-0.1, -0.05) is 18.2 Å². The monoisotopic (exact) mass is 423 g/mol. The van der Waals surface area contributed by atoms with Crippen LogP contribution in [0.2, 0.25) is 0 Å². The van der Waals surface area contributed by atoms with Gasteiger partial charge in [0.05, 0.1) is 28.4 Å². The van der Waals surface area contributed by atoms with Gasteiger partial charge in [-0.25, -0.2) is 0 Å². The highest BCUT2D eigenvalue weighted by atomic mass is 16.5. The minimum atomic E-state index is 0.0970. The van der Waals surface area contributed by atoms with Crippen molar-refractivity contribution in [1.29, 1.82) is 0 Å². The van der Waals surface area contributed by atoms with Crippen LogP contribution in [0.4, 0.5) is 0 Å². The van der Waals surface area contributed by atoms with Crippen molar-refractivity contribution in [1.82, 2.24) is 4.90 Å². The molecule has 0 aliphatic rings. The van der Waals surface area contributed by atoms with Crippen molar-refractivity contribution in [2.75, 3.05) is 42.0 Å². The van der Waals surface area contributed by atoms with Crippen molar-refractivity contribution < 1.29 is 23.9 Å². The third-order valence-electron chi connectivity index (χ3n) is 5.40. The predicted molar refractivity (Wildman–Crippen MR) is 122 cm³/mol. The second kappa shape index (κ2) is 10.2. The van der Waals surface area contributed by atoms with Crippen LogP contribution in [0.5, 0.6) is 17.2 Å². The van der Waals surface area contributed by atoms with Crippen molar-refractivity contribution >= 4 is 16.7 Å². The number of benzene rings is 3. The molecule has 0 spiro atoms. The van der Waals surface area contributed by atoms with E-state index in [-0.39, 0.29) is 5.91 Å². The third kappa shape index (κ3) is 5.67. The molecule has 0 saturated heterocycles. The summed E-state index contributed by atoms with van der Waals surface area (Å²) in [7, 11) is 8.80. The fraction of sp³-hybridized carbons (Fsp3) is 0.320. The van der Waals surface area contributed by atoms with Gasteiger partial charge in [0.2, 0.25) is 0 Å². The normalized spacial score (nSPS) is 11.8. The van der Waals surface area contributed by atoms with Gasteiger partial charge >= 0.3 is 0 Å². The van der Waals surface area contributed by atoms with Crippen LogP contribution >= 0.6 is 0 Å². The van der Waals surface area contributed by atoms with E-state index in [9.17, 15) is 4.79 Å². The van der Waals surface area contributed by atoms with Gasteiger partial charge in [-0.2, -0.15) is 0 Å². The van der Waals surface area contributed by atoms with Gasteiger partial charge in [0.15, 0.2) is 6.54 Å². The van der Waals surface area contributed by atoms with E-state index in [0.29, 0.717) is 19.6 Å². The van der Waals surface area contributed by atoms with Crippen LogP contribution in [0.25, 0.3) is 10.8 Å². The van der Waals surface area contributed by atoms with Crippen LogP contribution in [0.1, 0.15) is 11.1 Å². The molecule has 0 aliphatic heterocycles. The molecule has 0 saturated carbocycles. The summed E-state index contributed by atoms with van der Waals surface area (Å²) in [6.07, 6.45) is 0. The highest BCUT2D eigenvalue weighted by Gasteiger charge is 2.17. The number of nitrogens with zero attached hydrogens (tertiary/aromatic N) is 1. The minimum absolute atomic E-state index is 0.0970. The number of hydrogen-bond acceptors (Lipinski definition) is 4. The lowest BCUT2D eigenvalue weighted by Gasteiger charge is -2.21. The first kappa shape index (κ1) is 22.4. The Morgan fingerprint density at radius 2 is 1.52 bits per heavy atom. The topological polar surface area (TPSA) is 52.4 Å². The van der Waals surface area contributed by atoms with E-state index >= 15 is 0 Å². The molecule has 1 unspecified atom stereocenters. The van der Waals surface area contributed by atoms with E-state index in [0.717, 1.165) is 44.0 Å². The van der Waals surface area contributed by atoms with E-state index in [1.165, 1.54) is 0 Å². The number of fused-ring (bicyclic) bond motifs is 1. The molecule has 3 rings (SSSR count). The Balaban J connectivity index is 1.60. The Hall–Kier alpha value is -3.25. The summed E-state index contributed by atoms with van der Waals surface area (Å²) < 4.78 is 16.0. The van der Waals surface area contributed by atoms with E-state index in [4.69, 9.17) is 14.2 Å². The van der Waals surface area contributed by atoms with Gasteiger partial charge in [0, 0.05) is 25.2 Å². The zero-order valence-electron chi connectivity index (χ0n) is 18.9. The number of amides is 1. The van der Waals surface area contributed by atoms with Gasteiger partial charge in [-0.05, 0) is 46.7 Å². The highest BCUT2D eigenvalue weighted by Crippen LogP contribution is 2.24. The predicted octanol–water partition coefficient (Wildman–Crippen LogP) is 2.54. The van der Waals surface area contributed by atoms with Crippen molar-refractivity contribution in [3.8, 4) is 17.2 Å². The fourth-order valence-corrected chi connectivity index (χ4v) is 3.64. The number of hydrogen-bond donors (Lipinski definition) is 1. The standard InChI is InChI=1S/C25H30N2O4/c1-26(16-21-9-11-23(30-4)14-24(21)31-5)17-25(28)27(2)15-18-6-7-20-13-22(29-3)10-8-19(20)12-18/h6-14H,15-17H2,1-5H3/p+1. The van der Waals surface area contributed by atoms with E-state index < -0.39 is 0 Å². The maximum atomic E-state index is 12.8. The molecule has 0 fully saturated rings. The number of carbonyl (C=O) groups excluding carboxylic acids is 1. The molecule has 6 heteroatoms. The number of likely N-dealkylation sites (N-methyl/N-ethyl adjacent to an activating group) is 2. The summed E-state index contributed by atoms with van der Waals surface area (Å²) in [4.78, 5) is 15.7. The zero-order valence-corrected chi connectivity index (χ0v) is 18.9. The molecule has 0 bridgehead atoms. The summed E-state index contributed by atoms with van der Waals surface area (Å²) in [5.74, 6) is 2.46. The van der Waals surface area contributed by atoms with Gasteiger partial charge in [-0.3, -0.25) is 4.79 Å². The summed E-state index contributed by atoms with van der Waals surface area (Å²) in [5, 5.41) is 2.25. The van der Waals surface area contributed by atoms with E-state index in [1.807, 2.05) is 50.5 Å². The quantitative estimate of drug-likeness (QED) is 0.575. The smallest absolute Gasteiger partial charge is 0.277 e.